The monoisotopic (exact) mass is 440 g/mol. The predicted octanol–water partition coefficient (Wildman–Crippen LogP) is 0.899. The van der Waals surface area contributed by atoms with Crippen LogP contribution in [0.4, 0.5) is 11.4 Å². The molecule has 0 aliphatic heterocycles. The SMILES string of the molecule is Cc1nn(-c2ccc(S(=O)(=O)O)cc2)c([O-])c1N=Nc1ccccc1C(=O)[O-].[Ca+2]. The first-order chi connectivity index (χ1) is 13.2. The Hall–Kier alpha value is -2.31. The summed E-state index contributed by atoms with van der Waals surface area (Å²) in [6.07, 6.45) is 0. The number of aromatic carboxylic acids is 1. The number of carboxylic acids is 1. The summed E-state index contributed by atoms with van der Waals surface area (Å²) in [6.45, 7) is 1.52. The number of azo groups is 1. The molecule has 0 aliphatic rings. The van der Waals surface area contributed by atoms with Crippen LogP contribution in [0.3, 0.4) is 0 Å². The molecule has 12 heteroatoms. The maximum Gasteiger partial charge on any atom is 2.00 e. The van der Waals surface area contributed by atoms with Gasteiger partial charge in [-0.1, -0.05) is 18.2 Å². The largest absolute Gasteiger partial charge is 2.00 e. The number of carboxylic acid groups (broad SMARTS) is 1. The Bertz CT molecular complexity index is 1190. The molecule has 2 aromatic carbocycles. The fourth-order valence-electron chi connectivity index (χ4n) is 2.38. The third kappa shape index (κ3) is 5.00. The third-order valence-corrected chi connectivity index (χ3v) is 4.62. The quantitative estimate of drug-likeness (QED) is 0.350. The van der Waals surface area contributed by atoms with Crippen LogP contribution in [-0.2, 0) is 10.1 Å². The summed E-state index contributed by atoms with van der Waals surface area (Å²) in [5.74, 6) is -2.06. The molecule has 3 aromatic rings. The van der Waals surface area contributed by atoms with Crippen LogP contribution in [0.25, 0.3) is 5.69 Å². The Morgan fingerprint density at radius 2 is 1.72 bits per heavy atom. The van der Waals surface area contributed by atoms with Gasteiger partial charge in [0.25, 0.3) is 10.1 Å². The topological polar surface area (TPSA) is 160 Å². The molecule has 1 aromatic heterocycles. The summed E-state index contributed by atoms with van der Waals surface area (Å²) >= 11 is 0. The molecule has 3 rings (SSSR count). The Morgan fingerprint density at radius 1 is 1.10 bits per heavy atom. The van der Waals surface area contributed by atoms with Gasteiger partial charge in [-0.15, -0.1) is 10.2 Å². The van der Waals surface area contributed by atoms with E-state index in [1.165, 1.54) is 37.3 Å². The van der Waals surface area contributed by atoms with Crippen molar-refractivity contribution in [1.29, 1.82) is 0 Å². The van der Waals surface area contributed by atoms with Crippen LogP contribution in [0.2, 0.25) is 0 Å². The average Bonchev–Trinajstić information content (AvgIpc) is 2.93. The summed E-state index contributed by atoms with van der Waals surface area (Å²) in [5.41, 5.74) is 0.221. The Morgan fingerprint density at radius 3 is 2.31 bits per heavy atom. The Balaban J connectivity index is 0.00000300. The minimum absolute atomic E-state index is 0. The number of carbonyl (C=O) groups is 1. The number of hydrogen-bond acceptors (Lipinski definition) is 8. The fraction of sp³-hybridized carbons (Fsp3) is 0.0588. The van der Waals surface area contributed by atoms with Gasteiger partial charge in [-0.3, -0.25) is 4.55 Å². The molecule has 1 heterocycles. The summed E-state index contributed by atoms with van der Waals surface area (Å²) in [4.78, 5) is 10.8. The fourth-order valence-corrected chi connectivity index (χ4v) is 2.86. The minimum atomic E-state index is -4.36. The van der Waals surface area contributed by atoms with Crippen molar-refractivity contribution in [3.63, 3.8) is 0 Å². The maximum atomic E-state index is 12.6. The molecule has 0 saturated carbocycles. The number of nitrogens with zero attached hydrogens (tertiary/aromatic N) is 4. The summed E-state index contributed by atoms with van der Waals surface area (Å²) in [5, 5.41) is 35.4. The van der Waals surface area contributed by atoms with Crippen LogP contribution in [0.15, 0.2) is 63.7 Å². The van der Waals surface area contributed by atoms with Gasteiger partial charge in [-0.25, -0.2) is 4.68 Å². The first-order valence-electron chi connectivity index (χ1n) is 7.75. The van der Waals surface area contributed by atoms with Crippen LogP contribution >= 0.6 is 0 Å². The molecule has 29 heavy (non-hydrogen) atoms. The molecule has 0 saturated heterocycles. The van der Waals surface area contributed by atoms with E-state index < -0.39 is 22.0 Å². The van der Waals surface area contributed by atoms with Gasteiger partial charge in [-0.2, -0.15) is 13.5 Å². The van der Waals surface area contributed by atoms with Crippen LogP contribution in [0, 0.1) is 6.92 Å². The van der Waals surface area contributed by atoms with Crippen molar-refractivity contribution in [2.45, 2.75) is 11.8 Å². The van der Waals surface area contributed by atoms with Gasteiger partial charge in [0.1, 0.15) is 5.69 Å². The second-order valence-corrected chi connectivity index (χ2v) is 7.05. The zero-order valence-corrected chi connectivity index (χ0v) is 18.0. The first kappa shape index (κ1) is 23.0. The van der Waals surface area contributed by atoms with Gasteiger partial charge in [-0.05, 0) is 37.3 Å². The van der Waals surface area contributed by atoms with Gasteiger partial charge in [0.05, 0.1) is 27.9 Å². The first-order valence-corrected chi connectivity index (χ1v) is 9.19. The van der Waals surface area contributed by atoms with Crippen LogP contribution in [-0.4, -0.2) is 66.5 Å². The van der Waals surface area contributed by atoms with E-state index in [9.17, 15) is 23.4 Å². The molecule has 0 fully saturated rings. The number of carbonyl (C=O) groups excluding carboxylic acids is 1. The second kappa shape index (κ2) is 9.01. The smallest absolute Gasteiger partial charge is 0.857 e. The number of rotatable bonds is 5. The third-order valence-electron chi connectivity index (χ3n) is 3.75. The van der Waals surface area contributed by atoms with Gasteiger partial charge in [0.15, 0.2) is 0 Å². The normalized spacial score (nSPS) is 11.4. The number of benzene rings is 2. The minimum Gasteiger partial charge on any atom is -0.857 e. The van der Waals surface area contributed by atoms with Gasteiger partial charge in [0, 0.05) is 11.4 Å². The summed E-state index contributed by atoms with van der Waals surface area (Å²) in [7, 11) is -4.36. The van der Waals surface area contributed by atoms with Crippen molar-refractivity contribution in [3.8, 4) is 11.6 Å². The van der Waals surface area contributed by atoms with Gasteiger partial charge in [0.2, 0.25) is 0 Å². The van der Waals surface area contributed by atoms with E-state index >= 15 is 0 Å². The maximum absolute atomic E-state index is 12.6. The van der Waals surface area contributed by atoms with Crippen LogP contribution < -0.4 is 10.2 Å². The molecule has 0 bridgehead atoms. The number of aryl methyl sites for hydroxylation is 1. The molecule has 0 spiro atoms. The summed E-state index contributed by atoms with van der Waals surface area (Å²) in [6, 6.07) is 10.6. The van der Waals surface area contributed by atoms with E-state index in [4.69, 9.17) is 4.55 Å². The van der Waals surface area contributed by atoms with Crippen LogP contribution in [0.5, 0.6) is 5.88 Å². The number of hydrogen-bond donors (Lipinski definition) is 1. The molecule has 0 amide bonds. The molecule has 0 unspecified atom stereocenters. The van der Waals surface area contributed by atoms with Crippen molar-refractivity contribution in [1.82, 2.24) is 9.78 Å². The zero-order valence-electron chi connectivity index (χ0n) is 15.0. The van der Waals surface area contributed by atoms with Crippen molar-refractivity contribution in [2.24, 2.45) is 10.2 Å². The van der Waals surface area contributed by atoms with Gasteiger partial charge >= 0.3 is 37.7 Å². The van der Waals surface area contributed by atoms with Crippen molar-refractivity contribution in [3.05, 3.63) is 59.8 Å². The standard InChI is InChI=1S/C17H14N4O6S.Ca/c1-10-15(19-18-14-5-3-2-4-13(14)17(23)24)16(22)21(20-10)11-6-8-12(9-7-11)28(25,26)27;/h2-9,22H,1H3,(H,23,24)(H,25,26,27);/q;+2/p-2. The van der Waals surface area contributed by atoms with E-state index in [1.54, 1.807) is 6.07 Å². The van der Waals surface area contributed by atoms with Crippen molar-refractivity contribution >= 4 is 65.2 Å². The second-order valence-electron chi connectivity index (χ2n) is 5.62. The van der Waals surface area contributed by atoms with E-state index in [1.807, 2.05) is 0 Å². The molecular weight excluding hydrogens is 428 g/mol. The van der Waals surface area contributed by atoms with E-state index in [-0.39, 0.29) is 71.0 Å². The Labute approximate surface area is 195 Å². The molecule has 144 valence electrons. The molecule has 10 nitrogen and oxygen atoms in total. The van der Waals surface area contributed by atoms with Gasteiger partial charge < -0.3 is 15.0 Å². The number of aromatic nitrogens is 2. The van der Waals surface area contributed by atoms with E-state index in [0.717, 1.165) is 16.8 Å². The molecule has 1 N–H and O–H groups in total. The zero-order chi connectivity index (χ0) is 20.5. The Kier molecular flexibility index (Phi) is 7.14. The molecule has 0 aliphatic carbocycles. The van der Waals surface area contributed by atoms with Crippen LogP contribution in [0.1, 0.15) is 16.1 Å². The van der Waals surface area contributed by atoms with E-state index in [0.29, 0.717) is 0 Å². The molecular formula is C17H12CaN4O6S. The average molecular weight is 440 g/mol. The van der Waals surface area contributed by atoms with Crippen molar-refractivity contribution in [2.75, 3.05) is 0 Å². The summed E-state index contributed by atoms with van der Waals surface area (Å²) < 4.78 is 32.2. The van der Waals surface area contributed by atoms with Crippen molar-refractivity contribution < 1.29 is 28.0 Å². The van der Waals surface area contributed by atoms with E-state index in [2.05, 4.69) is 15.3 Å². The molecule has 0 radical (unpaired) electrons. The molecule has 0 atom stereocenters. The predicted molar refractivity (Wildman–Crippen MR) is 98.3 cm³/mol.